The molecule has 0 aliphatic rings. The number of hydrogen-bond acceptors (Lipinski definition) is 4. The highest BCUT2D eigenvalue weighted by Gasteiger charge is 2.20. The van der Waals surface area contributed by atoms with Gasteiger partial charge in [0.2, 0.25) is 0 Å². The molecule has 0 radical (unpaired) electrons. The van der Waals surface area contributed by atoms with Crippen molar-refractivity contribution in [3.05, 3.63) is 28.8 Å². The van der Waals surface area contributed by atoms with Crippen LogP contribution >= 0.6 is 11.6 Å². The summed E-state index contributed by atoms with van der Waals surface area (Å²) in [5, 5.41) is 8.83. The number of halogens is 1. The Morgan fingerprint density at radius 3 is 2.67 bits per heavy atom. The van der Waals surface area contributed by atoms with Gasteiger partial charge in [0.05, 0.1) is 27.8 Å². The maximum Gasteiger partial charge on any atom is 0.335 e. The van der Waals surface area contributed by atoms with Gasteiger partial charge in [-0.3, -0.25) is 0 Å². The number of rotatable bonds is 6. The van der Waals surface area contributed by atoms with Crippen molar-refractivity contribution in [2.75, 3.05) is 19.0 Å². The minimum absolute atomic E-state index is 0.0106. The first-order valence-electron chi connectivity index (χ1n) is 5.22. The molecule has 0 aromatic heterocycles. The van der Waals surface area contributed by atoms with Crippen molar-refractivity contribution in [2.45, 2.75) is 11.8 Å². The fourth-order valence-electron chi connectivity index (χ4n) is 1.30. The average Bonchev–Trinajstić information content (AvgIpc) is 2.29. The lowest BCUT2D eigenvalue weighted by Gasteiger charge is -2.07. The van der Waals surface area contributed by atoms with E-state index in [1.165, 1.54) is 12.1 Å². The number of sulfone groups is 1. The zero-order valence-electron chi connectivity index (χ0n) is 9.72. The van der Waals surface area contributed by atoms with Gasteiger partial charge in [-0.1, -0.05) is 11.6 Å². The largest absolute Gasteiger partial charge is 0.478 e. The Kier molecular flexibility index (Phi) is 5.13. The van der Waals surface area contributed by atoms with Crippen molar-refractivity contribution in [1.29, 1.82) is 0 Å². The average molecular weight is 293 g/mol. The zero-order valence-corrected chi connectivity index (χ0v) is 11.3. The summed E-state index contributed by atoms with van der Waals surface area (Å²) >= 11 is 5.79. The van der Waals surface area contributed by atoms with Crippen LogP contribution in [0.1, 0.15) is 17.3 Å². The number of carboxylic acids is 1. The van der Waals surface area contributed by atoms with Crippen molar-refractivity contribution in [2.24, 2.45) is 0 Å². The summed E-state index contributed by atoms with van der Waals surface area (Å²) in [7, 11) is -3.64. The number of hydrogen-bond donors (Lipinski definition) is 1. The second-order valence-electron chi connectivity index (χ2n) is 3.47. The number of benzene rings is 1. The fourth-order valence-corrected chi connectivity index (χ4v) is 3.00. The zero-order chi connectivity index (χ0) is 13.8. The van der Waals surface area contributed by atoms with Gasteiger partial charge in [-0.15, -0.1) is 0 Å². The van der Waals surface area contributed by atoms with Gasteiger partial charge in [0.1, 0.15) is 0 Å². The molecular weight excluding hydrogens is 280 g/mol. The predicted molar refractivity (Wildman–Crippen MR) is 67.0 cm³/mol. The fraction of sp³-hybridized carbons (Fsp3) is 0.364. The molecule has 0 unspecified atom stereocenters. The molecular formula is C11H13ClO5S. The molecule has 1 aromatic rings. The van der Waals surface area contributed by atoms with E-state index in [1.54, 1.807) is 6.92 Å². The Morgan fingerprint density at radius 2 is 2.11 bits per heavy atom. The van der Waals surface area contributed by atoms with Gasteiger partial charge in [-0.25, -0.2) is 13.2 Å². The van der Waals surface area contributed by atoms with E-state index >= 15 is 0 Å². The van der Waals surface area contributed by atoms with Gasteiger partial charge in [-0.05, 0) is 25.1 Å². The Hall–Kier alpha value is -1.11. The summed E-state index contributed by atoms with van der Waals surface area (Å²) in [5.41, 5.74) is -0.116. The molecule has 1 aromatic carbocycles. The van der Waals surface area contributed by atoms with Crippen LogP contribution in [0.3, 0.4) is 0 Å². The molecule has 0 heterocycles. The van der Waals surface area contributed by atoms with Gasteiger partial charge in [0.25, 0.3) is 0 Å². The van der Waals surface area contributed by atoms with Crippen molar-refractivity contribution in [1.82, 2.24) is 0 Å². The van der Waals surface area contributed by atoms with E-state index in [0.29, 0.717) is 6.61 Å². The summed E-state index contributed by atoms with van der Waals surface area (Å²) < 4.78 is 28.9. The van der Waals surface area contributed by atoms with Crippen LogP contribution in [0.4, 0.5) is 0 Å². The van der Waals surface area contributed by atoms with Crippen LogP contribution in [0, 0.1) is 0 Å². The van der Waals surface area contributed by atoms with Crippen LogP contribution in [-0.2, 0) is 14.6 Å². The molecule has 5 nitrogen and oxygen atoms in total. The quantitative estimate of drug-likeness (QED) is 0.809. The summed E-state index contributed by atoms with van der Waals surface area (Å²) in [5.74, 6) is -1.43. The summed E-state index contributed by atoms with van der Waals surface area (Å²) in [6, 6.07) is 3.58. The second-order valence-corrected chi connectivity index (χ2v) is 5.95. The first kappa shape index (κ1) is 14.9. The molecule has 0 fully saturated rings. The topological polar surface area (TPSA) is 80.7 Å². The molecule has 0 saturated heterocycles. The number of carbonyl (C=O) groups is 1. The van der Waals surface area contributed by atoms with Crippen molar-refractivity contribution >= 4 is 27.4 Å². The second kappa shape index (κ2) is 6.17. The van der Waals surface area contributed by atoms with Crippen LogP contribution in [0.25, 0.3) is 0 Å². The molecule has 0 amide bonds. The molecule has 0 saturated carbocycles. The normalized spacial score (nSPS) is 11.4. The van der Waals surface area contributed by atoms with E-state index in [-0.39, 0.29) is 27.8 Å². The van der Waals surface area contributed by atoms with E-state index in [0.717, 1.165) is 6.07 Å². The van der Waals surface area contributed by atoms with Gasteiger partial charge in [-0.2, -0.15) is 0 Å². The smallest absolute Gasteiger partial charge is 0.335 e. The molecule has 7 heteroatoms. The lowest BCUT2D eigenvalue weighted by molar-refractivity contribution is 0.0696. The van der Waals surface area contributed by atoms with Crippen LogP contribution in [0.5, 0.6) is 0 Å². The molecule has 0 aliphatic carbocycles. The number of aromatic carboxylic acids is 1. The van der Waals surface area contributed by atoms with E-state index in [1.807, 2.05) is 0 Å². The molecule has 1 N–H and O–H groups in total. The van der Waals surface area contributed by atoms with E-state index < -0.39 is 15.8 Å². The van der Waals surface area contributed by atoms with Crippen molar-refractivity contribution < 1.29 is 23.1 Å². The SMILES string of the molecule is CCOCCS(=O)(=O)c1cc(C(=O)O)ccc1Cl. The van der Waals surface area contributed by atoms with Gasteiger partial charge >= 0.3 is 5.97 Å². The Labute approximate surface area is 110 Å². The molecule has 0 aliphatic heterocycles. The minimum atomic E-state index is -3.64. The third-order valence-corrected chi connectivity index (χ3v) is 4.37. The van der Waals surface area contributed by atoms with Crippen LogP contribution in [-0.4, -0.2) is 38.5 Å². The van der Waals surface area contributed by atoms with Crippen molar-refractivity contribution in [3.63, 3.8) is 0 Å². The summed E-state index contributed by atoms with van der Waals surface area (Å²) in [6.07, 6.45) is 0. The lowest BCUT2D eigenvalue weighted by Crippen LogP contribution is -2.13. The monoisotopic (exact) mass is 292 g/mol. The molecule has 0 spiro atoms. The van der Waals surface area contributed by atoms with Gasteiger partial charge in [0, 0.05) is 6.61 Å². The highest BCUT2D eigenvalue weighted by Crippen LogP contribution is 2.23. The minimum Gasteiger partial charge on any atom is -0.478 e. The Balaban J connectivity index is 3.07. The van der Waals surface area contributed by atoms with Crippen molar-refractivity contribution in [3.8, 4) is 0 Å². The van der Waals surface area contributed by atoms with Crippen LogP contribution < -0.4 is 0 Å². The maximum atomic E-state index is 11.9. The van der Waals surface area contributed by atoms with Gasteiger partial charge in [0.15, 0.2) is 9.84 Å². The first-order valence-corrected chi connectivity index (χ1v) is 7.25. The Bertz CT molecular complexity index is 538. The third kappa shape index (κ3) is 3.69. The summed E-state index contributed by atoms with van der Waals surface area (Å²) in [6.45, 7) is 2.22. The predicted octanol–water partition coefficient (Wildman–Crippen LogP) is 1.85. The molecule has 1 rings (SSSR count). The molecule has 0 atom stereocenters. The van der Waals surface area contributed by atoms with E-state index in [2.05, 4.69) is 0 Å². The number of carboxylic acid groups (broad SMARTS) is 1. The molecule has 100 valence electrons. The molecule has 0 bridgehead atoms. The van der Waals surface area contributed by atoms with E-state index in [9.17, 15) is 13.2 Å². The first-order chi connectivity index (χ1) is 8.38. The lowest BCUT2D eigenvalue weighted by atomic mass is 10.2. The van der Waals surface area contributed by atoms with E-state index in [4.69, 9.17) is 21.4 Å². The standard InChI is InChI=1S/C11H13ClO5S/c1-2-17-5-6-18(15,16)10-7-8(11(13)14)3-4-9(10)12/h3-4,7H,2,5-6H2,1H3,(H,13,14). The highest BCUT2D eigenvalue weighted by atomic mass is 35.5. The Morgan fingerprint density at radius 1 is 1.44 bits per heavy atom. The van der Waals surface area contributed by atoms with Crippen LogP contribution in [0.15, 0.2) is 23.1 Å². The van der Waals surface area contributed by atoms with Crippen LogP contribution in [0.2, 0.25) is 5.02 Å². The number of ether oxygens (including phenoxy) is 1. The summed E-state index contributed by atoms with van der Waals surface area (Å²) in [4.78, 5) is 10.6. The third-order valence-electron chi connectivity index (χ3n) is 2.21. The highest BCUT2D eigenvalue weighted by molar-refractivity contribution is 7.91. The van der Waals surface area contributed by atoms with Gasteiger partial charge < -0.3 is 9.84 Å². The maximum absolute atomic E-state index is 11.9. The molecule has 18 heavy (non-hydrogen) atoms.